The third kappa shape index (κ3) is 6.70. The maximum atomic E-state index is 12.1. The van der Waals surface area contributed by atoms with Crippen LogP contribution < -0.4 is 10.2 Å². The highest BCUT2D eigenvalue weighted by Crippen LogP contribution is 2.16. The summed E-state index contributed by atoms with van der Waals surface area (Å²) in [4.78, 5) is 36.9. The van der Waals surface area contributed by atoms with Crippen LogP contribution in [0.15, 0.2) is 54.6 Å². The lowest BCUT2D eigenvalue weighted by molar-refractivity contribution is -0.121. The van der Waals surface area contributed by atoms with Gasteiger partial charge in [-0.1, -0.05) is 30.3 Å². The zero-order valence-corrected chi connectivity index (χ0v) is 15.9. The molecule has 2 aromatic rings. The fraction of sp³-hybridized carbons (Fsp3) is 0.318. The number of anilines is 1. The Bertz CT molecular complexity index is 770. The van der Waals surface area contributed by atoms with Gasteiger partial charge in [-0.15, -0.1) is 0 Å². The van der Waals surface area contributed by atoms with Crippen LogP contribution in [0, 0.1) is 0 Å². The number of hydrogen-bond donors (Lipinski definition) is 1. The Labute approximate surface area is 160 Å². The number of carbonyl (C=O) groups is 3. The van der Waals surface area contributed by atoms with Crippen molar-refractivity contribution in [3.63, 3.8) is 0 Å². The monoisotopic (exact) mass is 366 g/mol. The van der Waals surface area contributed by atoms with E-state index in [1.165, 1.54) is 19.4 Å². The molecule has 0 radical (unpaired) electrons. The van der Waals surface area contributed by atoms with Crippen molar-refractivity contribution >= 4 is 23.3 Å². The van der Waals surface area contributed by atoms with Gasteiger partial charge in [-0.05, 0) is 49.6 Å². The summed E-state index contributed by atoms with van der Waals surface area (Å²) in [6.45, 7) is 3.89. The molecular formula is C22H26N2O3. The Morgan fingerprint density at radius 2 is 1.59 bits per heavy atom. The second-order valence-electron chi connectivity index (χ2n) is 6.46. The first-order valence-corrected chi connectivity index (χ1v) is 9.17. The third-order valence-corrected chi connectivity index (χ3v) is 4.34. The summed E-state index contributed by atoms with van der Waals surface area (Å²) in [6, 6.07) is 17.0. The van der Waals surface area contributed by atoms with Gasteiger partial charge in [0.1, 0.15) is 0 Å². The molecular weight excluding hydrogens is 340 g/mol. The lowest BCUT2D eigenvalue weighted by atomic mass is 10.1. The van der Waals surface area contributed by atoms with Crippen molar-refractivity contribution in [3.8, 4) is 0 Å². The second-order valence-corrected chi connectivity index (χ2v) is 6.46. The van der Waals surface area contributed by atoms with Gasteiger partial charge in [0.25, 0.3) is 0 Å². The van der Waals surface area contributed by atoms with E-state index in [0.29, 0.717) is 24.3 Å². The van der Waals surface area contributed by atoms with Gasteiger partial charge in [-0.2, -0.15) is 0 Å². The lowest BCUT2D eigenvalue weighted by Gasteiger charge is -2.21. The Morgan fingerprint density at radius 3 is 2.19 bits per heavy atom. The molecule has 0 aliphatic rings. The summed E-state index contributed by atoms with van der Waals surface area (Å²) >= 11 is 0. The van der Waals surface area contributed by atoms with E-state index in [-0.39, 0.29) is 24.0 Å². The smallest absolute Gasteiger partial charge is 0.223 e. The summed E-state index contributed by atoms with van der Waals surface area (Å²) in [6.07, 6.45) is 2.03. The van der Waals surface area contributed by atoms with Gasteiger partial charge in [-0.25, -0.2) is 0 Å². The molecule has 0 saturated carbocycles. The molecule has 1 N–H and O–H groups in total. The highest BCUT2D eigenvalue weighted by Gasteiger charge is 2.13. The molecule has 0 aliphatic heterocycles. The number of ketones is 1. The molecule has 0 atom stereocenters. The van der Waals surface area contributed by atoms with E-state index in [4.69, 9.17) is 0 Å². The Morgan fingerprint density at radius 1 is 0.926 bits per heavy atom. The molecule has 27 heavy (non-hydrogen) atoms. The van der Waals surface area contributed by atoms with Gasteiger partial charge in [0.2, 0.25) is 11.8 Å². The van der Waals surface area contributed by atoms with E-state index >= 15 is 0 Å². The number of nitrogens with one attached hydrogen (secondary N) is 1. The molecule has 2 amide bonds. The van der Waals surface area contributed by atoms with E-state index in [1.807, 2.05) is 18.2 Å². The largest absolute Gasteiger partial charge is 0.356 e. The molecule has 0 bridgehead atoms. The minimum Gasteiger partial charge on any atom is -0.356 e. The highest BCUT2D eigenvalue weighted by atomic mass is 16.2. The van der Waals surface area contributed by atoms with Crippen LogP contribution in [0.5, 0.6) is 0 Å². The van der Waals surface area contributed by atoms with Crippen LogP contribution in [-0.4, -0.2) is 30.7 Å². The molecule has 2 rings (SSSR count). The predicted octanol–water partition coefficient (Wildman–Crippen LogP) is 3.38. The van der Waals surface area contributed by atoms with Crippen LogP contribution in [-0.2, 0) is 16.0 Å². The first kappa shape index (κ1) is 20.4. The molecule has 0 aromatic heterocycles. The lowest BCUT2D eigenvalue weighted by Crippen LogP contribution is -2.34. The van der Waals surface area contributed by atoms with Gasteiger partial charge in [0.05, 0.1) is 0 Å². The Hall–Kier alpha value is -2.95. The number of Topliss-reactive ketones (excluding diaryl/α,β-unsaturated/α-hetero) is 1. The first-order valence-electron chi connectivity index (χ1n) is 9.17. The summed E-state index contributed by atoms with van der Waals surface area (Å²) in [5.41, 5.74) is 2.53. The summed E-state index contributed by atoms with van der Waals surface area (Å²) in [5, 5.41) is 2.90. The van der Waals surface area contributed by atoms with E-state index in [0.717, 1.165) is 12.8 Å². The number of benzene rings is 2. The average molecular weight is 366 g/mol. The summed E-state index contributed by atoms with van der Waals surface area (Å²) in [5.74, 6) is -0.233. The van der Waals surface area contributed by atoms with Crippen LogP contribution in [0.1, 0.15) is 42.6 Å². The number of aryl methyl sites for hydroxylation is 1. The van der Waals surface area contributed by atoms with Crippen LogP contribution >= 0.6 is 0 Å². The average Bonchev–Trinajstić information content (AvgIpc) is 2.66. The van der Waals surface area contributed by atoms with Crippen molar-refractivity contribution < 1.29 is 14.4 Å². The molecule has 0 aliphatic carbocycles. The standard InChI is InChI=1S/C22H26N2O3/c1-17(25)20-10-12-21(13-11-20)24(18(2)26)16-14-22(27)23-15-6-9-19-7-4-3-5-8-19/h3-5,7-8,10-13H,6,9,14-16H2,1-2H3,(H,23,27). The topological polar surface area (TPSA) is 66.5 Å². The van der Waals surface area contributed by atoms with Crippen molar-refractivity contribution in [1.82, 2.24) is 5.32 Å². The zero-order valence-electron chi connectivity index (χ0n) is 15.9. The third-order valence-electron chi connectivity index (χ3n) is 4.34. The maximum absolute atomic E-state index is 12.1. The van der Waals surface area contributed by atoms with E-state index < -0.39 is 0 Å². The van der Waals surface area contributed by atoms with Crippen molar-refractivity contribution in [3.05, 3.63) is 65.7 Å². The van der Waals surface area contributed by atoms with Crippen LogP contribution in [0.3, 0.4) is 0 Å². The second kappa shape index (κ2) is 10.3. The predicted molar refractivity (Wildman–Crippen MR) is 107 cm³/mol. The molecule has 0 heterocycles. The van der Waals surface area contributed by atoms with Gasteiger partial charge < -0.3 is 10.2 Å². The van der Waals surface area contributed by atoms with E-state index in [9.17, 15) is 14.4 Å². The Kier molecular flexibility index (Phi) is 7.74. The molecule has 0 fully saturated rings. The van der Waals surface area contributed by atoms with Gasteiger partial charge in [-0.3, -0.25) is 14.4 Å². The summed E-state index contributed by atoms with van der Waals surface area (Å²) < 4.78 is 0. The fourth-order valence-electron chi connectivity index (χ4n) is 2.81. The molecule has 142 valence electrons. The number of hydrogen-bond acceptors (Lipinski definition) is 3. The molecule has 5 heteroatoms. The highest BCUT2D eigenvalue weighted by molar-refractivity contribution is 5.96. The Balaban J connectivity index is 1.78. The van der Waals surface area contributed by atoms with Crippen LogP contribution in [0.2, 0.25) is 0 Å². The van der Waals surface area contributed by atoms with Gasteiger partial charge >= 0.3 is 0 Å². The number of rotatable bonds is 9. The minimum absolute atomic E-state index is 0.0224. The number of amides is 2. The van der Waals surface area contributed by atoms with Crippen molar-refractivity contribution in [2.24, 2.45) is 0 Å². The molecule has 0 saturated heterocycles. The normalized spacial score (nSPS) is 10.3. The van der Waals surface area contributed by atoms with Crippen molar-refractivity contribution in [1.29, 1.82) is 0 Å². The first-order chi connectivity index (χ1) is 13.0. The molecule has 0 unspecified atom stereocenters. The fourth-order valence-corrected chi connectivity index (χ4v) is 2.81. The van der Waals surface area contributed by atoms with Crippen LogP contribution in [0.25, 0.3) is 0 Å². The minimum atomic E-state index is -0.137. The van der Waals surface area contributed by atoms with Gasteiger partial charge in [0.15, 0.2) is 5.78 Å². The quantitative estimate of drug-likeness (QED) is 0.546. The maximum Gasteiger partial charge on any atom is 0.223 e. The zero-order chi connectivity index (χ0) is 19.6. The molecule has 5 nitrogen and oxygen atoms in total. The van der Waals surface area contributed by atoms with E-state index in [2.05, 4.69) is 17.4 Å². The SMILES string of the molecule is CC(=O)c1ccc(N(CCC(=O)NCCCc2ccccc2)C(C)=O)cc1. The number of nitrogens with zero attached hydrogens (tertiary/aromatic N) is 1. The van der Waals surface area contributed by atoms with Gasteiger partial charge in [0, 0.05) is 37.7 Å². The molecule has 2 aromatic carbocycles. The molecule has 0 spiro atoms. The van der Waals surface area contributed by atoms with Crippen LogP contribution in [0.4, 0.5) is 5.69 Å². The van der Waals surface area contributed by atoms with Crippen molar-refractivity contribution in [2.75, 3.05) is 18.0 Å². The van der Waals surface area contributed by atoms with E-state index in [1.54, 1.807) is 29.2 Å². The number of carbonyl (C=O) groups excluding carboxylic acids is 3. The van der Waals surface area contributed by atoms with Crippen molar-refractivity contribution in [2.45, 2.75) is 33.1 Å². The summed E-state index contributed by atoms with van der Waals surface area (Å²) in [7, 11) is 0.